The highest BCUT2D eigenvalue weighted by atomic mass is 35.5. The van der Waals surface area contributed by atoms with Crippen molar-refractivity contribution in [3.05, 3.63) is 35.6 Å². The van der Waals surface area contributed by atoms with Gasteiger partial charge in [-0.3, -0.25) is 0 Å². The molecule has 1 atom stereocenters. The third kappa shape index (κ3) is 3.70. The summed E-state index contributed by atoms with van der Waals surface area (Å²) in [5.74, 6) is -0.367. The van der Waals surface area contributed by atoms with Crippen LogP contribution in [0.2, 0.25) is 0 Å². The Labute approximate surface area is 82.4 Å². The van der Waals surface area contributed by atoms with Crippen molar-refractivity contribution in [3.8, 4) is 0 Å². The van der Waals surface area contributed by atoms with E-state index >= 15 is 0 Å². The highest BCUT2D eigenvalue weighted by Crippen LogP contribution is 2.09. The predicted molar refractivity (Wildman–Crippen MR) is 51.3 cm³/mol. The minimum atomic E-state index is -1.15. The summed E-state index contributed by atoms with van der Waals surface area (Å²) in [6.45, 7) is -0.0612. The molecule has 2 N–H and O–H groups in total. The standard InChI is InChI=1S/C9H11F2N.ClH/c10-8(6-12)5-7-3-1-2-4-9(7)11;/h1-4,8H,5-6,12H2;1H. The Morgan fingerprint density at radius 2 is 1.92 bits per heavy atom. The second-order valence-corrected chi connectivity index (χ2v) is 2.63. The Morgan fingerprint density at radius 1 is 1.31 bits per heavy atom. The minimum Gasteiger partial charge on any atom is -0.328 e. The van der Waals surface area contributed by atoms with Gasteiger partial charge in [0.15, 0.2) is 0 Å². The summed E-state index contributed by atoms with van der Waals surface area (Å²) in [6.07, 6.45) is -1.09. The van der Waals surface area contributed by atoms with Crippen molar-refractivity contribution in [1.82, 2.24) is 0 Å². The highest BCUT2D eigenvalue weighted by Gasteiger charge is 2.07. The normalized spacial score (nSPS) is 11.9. The first-order chi connectivity index (χ1) is 5.74. The zero-order valence-corrected chi connectivity index (χ0v) is 7.86. The SMILES string of the molecule is Cl.NCC(F)Cc1ccccc1F. The van der Waals surface area contributed by atoms with E-state index in [0.29, 0.717) is 5.56 Å². The van der Waals surface area contributed by atoms with E-state index in [-0.39, 0.29) is 31.2 Å². The molecule has 0 aromatic heterocycles. The maximum absolute atomic E-state index is 12.9. The summed E-state index contributed by atoms with van der Waals surface area (Å²) < 4.78 is 25.6. The van der Waals surface area contributed by atoms with Crippen LogP contribution in [0.5, 0.6) is 0 Å². The van der Waals surface area contributed by atoms with Crippen LogP contribution < -0.4 is 5.73 Å². The molecular weight excluding hydrogens is 196 g/mol. The second kappa shape index (κ2) is 5.89. The summed E-state index contributed by atoms with van der Waals surface area (Å²) in [4.78, 5) is 0. The Balaban J connectivity index is 0.00000144. The molecule has 1 nitrogen and oxygen atoms in total. The van der Waals surface area contributed by atoms with Crippen molar-refractivity contribution in [1.29, 1.82) is 0 Å². The van der Waals surface area contributed by atoms with Crippen LogP contribution in [0, 0.1) is 5.82 Å². The third-order valence-electron chi connectivity index (χ3n) is 1.65. The van der Waals surface area contributed by atoms with E-state index < -0.39 is 6.17 Å². The van der Waals surface area contributed by atoms with Crippen LogP contribution in [-0.2, 0) is 6.42 Å². The summed E-state index contributed by atoms with van der Waals surface area (Å²) in [6, 6.07) is 6.15. The van der Waals surface area contributed by atoms with Crippen molar-refractivity contribution in [2.75, 3.05) is 6.54 Å². The van der Waals surface area contributed by atoms with E-state index in [1.165, 1.54) is 6.07 Å². The number of nitrogens with two attached hydrogens (primary N) is 1. The maximum atomic E-state index is 12.9. The summed E-state index contributed by atoms with van der Waals surface area (Å²) >= 11 is 0. The Morgan fingerprint density at radius 3 is 2.46 bits per heavy atom. The van der Waals surface area contributed by atoms with Gasteiger partial charge in [0.1, 0.15) is 12.0 Å². The van der Waals surface area contributed by atoms with Crippen LogP contribution in [-0.4, -0.2) is 12.7 Å². The summed E-state index contributed by atoms with van der Waals surface area (Å²) in [5, 5.41) is 0. The molecule has 4 heteroatoms. The Kier molecular flexibility index (Phi) is 5.58. The lowest BCUT2D eigenvalue weighted by atomic mass is 10.1. The lowest BCUT2D eigenvalue weighted by Gasteiger charge is -2.05. The lowest BCUT2D eigenvalue weighted by molar-refractivity contribution is 0.337. The molecule has 1 aromatic rings. The van der Waals surface area contributed by atoms with Crippen LogP contribution in [0.4, 0.5) is 8.78 Å². The summed E-state index contributed by atoms with van der Waals surface area (Å²) in [7, 11) is 0. The molecule has 1 rings (SSSR count). The number of alkyl halides is 1. The zero-order chi connectivity index (χ0) is 8.97. The lowest BCUT2D eigenvalue weighted by Crippen LogP contribution is -2.18. The molecule has 0 spiro atoms. The van der Waals surface area contributed by atoms with Gasteiger partial charge in [0.25, 0.3) is 0 Å². The number of halogens is 3. The van der Waals surface area contributed by atoms with E-state index in [4.69, 9.17) is 5.73 Å². The van der Waals surface area contributed by atoms with Gasteiger partial charge in [0.2, 0.25) is 0 Å². The van der Waals surface area contributed by atoms with Crippen LogP contribution in [0.15, 0.2) is 24.3 Å². The van der Waals surface area contributed by atoms with Crippen LogP contribution in [0.1, 0.15) is 5.56 Å². The van der Waals surface area contributed by atoms with Gasteiger partial charge < -0.3 is 5.73 Å². The van der Waals surface area contributed by atoms with Gasteiger partial charge in [-0.15, -0.1) is 12.4 Å². The highest BCUT2D eigenvalue weighted by molar-refractivity contribution is 5.85. The fourth-order valence-electron chi connectivity index (χ4n) is 0.986. The van der Waals surface area contributed by atoms with Gasteiger partial charge in [0.05, 0.1) is 0 Å². The van der Waals surface area contributed by atoms with Crippen molar-refractivity contribution >= 4 is 12.4 Å². The fraction of sp³-hybridized carbons (Fsp3) is 0.333. The zero-order valence-electron chi connectivity index (χ0n) is 7.04. The Hall–Kier alpha value is -0.670. The van der Waals surface area contributed by atoms with Crippen molar-refractivity contribution in [3.63, 3.8) is 0 Å². The molecule has 0 saturated carbocycles. The van der Waals surface area contributed by atoms with Crippen LogP contribution >= 0.6 is 12.4 Å². The molecule has 0 aliphatic rings. The quantitative estimate of drug-likeness (QED) is 0.807. The van der Waals surface area contributed by atoms with E-state index in [1.54, 1.807) is 18.2 Å². The molecule has 13 heavy (non-hydrogen) atoms. The second-order valence-electron chi connectivity index (χ2n) is 2.63. The molecule has 74 valence electrons. The molecule has 1 aromatic carbocycles. The number of hydrogen-bond acceptors (Lipinski definition) is 1. The van der Waals surface area contributed by atoms with Crippen LogP contribution in [0.3, 0.4) is 0 Å². The molecule has 0 radical (unpaired) electrons. The monoisotopic (exact) mass is 207 g/mol. The van der Waals surface area contributed by atoms with E-state index in [9.17, 15) is 8.78 Å². The van der Waals surface area contributed by atoms with E-state index in [2.05, 4.69) is 0 Å². The Bertz CT molecular complexity index is 255. The smallest absolute Gasteiger partial charge is 0.126 e. The van der Waals surface area contributed by atoms with Gasteiger partial charge >= 0.3 is 0 Å². The van der Waals surface area contributed by atoms with Gasteiger partial charge in [-0.05, 0) is 11.6 Å². The molecule has 0 aliphatic carbocycles. The maximum Gasteiger partial charge on any atom is 0.126 e. The minimum absolute atomic E-state index is 0. The average Bonchev–Trinajstić information content (AvgIpc) is 2.09. The third-order valence-corrected chi connectivity index (χ3v) is 1.65. The van der Waals surface area contributed by atoms with Gasteiger partial charge in [-0.1, -0.05) is 18.2 Å². The van der Waals surface area contributed by atoms with E-state index in [0.717, 1.165) is 0 Å². The van der Waals surface area contributed by atoms with E-state index in [1.807, 2.05) is 0 Å². The molecule has 1 unspecified atom stereocenters. The van der Waals surface area contributed by atoms with Crippen molar-refractivity contribution in [2.45, 2.75) is 12.6 Å². The first-order valence-corrected chi connectivity index (χ1v) is 3.81. The summed E-state index contributed by atoms with van der Waals surface area (Å²) in [5.41, 5.74) is 5.46. The molecule has 0 amide bonds. The molecular formula is C9H12ClF2N. The fourth-order valence-corrected chi connectivity index (χ4v) is 0.986. The number of hydrogen-bond donors (Lipinski definition) is 1. The van der Waals surface area contributed by atoms with Crippen molar-refractivity contribution in [2.24, 2.45) is 5.73 Å². The topological polar surface area (TPSA) is 26.0 Å². The molecule has 0 fully saturated rings. The molecule has 0 bridgehead atoms. The molecule has 0 saturated heterocycles. The number of rotatable bonds is 3. The van der Waals surface area contributed by atoms with Crippen molar-refractivity contribution < 1.29 is 8.78 Å². The van der Waals surface area contributed by atoms with Gasteiger partial charge in [-0.2, -0.15) is 0 Å². The molecule has 0 aliphatic heterocycles. The first-order valence-electron chi connectivity index (χ1n) is 3.81. The molecule has 0 heterocycles. The van der Waals surface area contributed by atoms with Gasteiger partial charge in [0, 0.05) is 13.0 Å². The number of benzene rings is 1. The van der Waals surface area contributed by atoms with Crippen LogP contribution in [0.25, 0.3) is 0 Å². The largest absolute Gasteiger partial charge is 0.328 e. The van der Waals surface area contributed by atoms with Gasteiger partial charge in [-0.25, -0.2) is 8.78 Å². The average molecular weight is 208 g/mol. The first kappa shape index (κ1) is 12.3. The predicted octanol–water partition coefficient (Wildman–Crippen LogP) is 2.09.